The van der Waals surface area contributed by atoms with Crippen LogP contribution < -0.4 is 0 Å². The summed E-state index contributed by atoms with van der Waals surface area (Å²) in [4.78, 5) is 0. The number of ether oxygens (including phenoxy) is 2. The van der Waals surface area contributed by atoms with Gasteiger partial charge in [0.1, 0.15) is 30.1 Å². The third-order valence-corrected chi connectivity index (χ3v) is 4.04. The maximum absolute atomic E-state index is 9.90. The van der Waals surface area contributed by atoms with Crippen LogP contribution in [0.5, 0.6) is 0 Å². The molecule has 1 saturated heterocycles. The first-order chi connectivity index (χ1) is 11.6. The van der Waals surface area contributed by atoms with Crippen LogP contribution in [0.1, 0.15) is 12.1 Å². The van der Waals surface area contributed by atoms with Gasteiger partial charge in [-0.3, -0.25) is 0 Å². The largest absolute Gasteiger partial charge is 0.394 e. The number of rotatable bonds is 6. The molecule has 0 spiro atoms. The van der Waals surface area contributed by atoms with Crippen LogP contribution in [0.15, 0.2) is 30.0 Å². The monoisotopic (exact) mass is 339 g/mol. The van der Waals surface area contributed by atoms with Crippen molar-refractivity contribution in [1.82, 2.24) is 15.0 Å². The molecule has 1 fully saturated rings. The van der Waals surface area contributed by atoms with Crippen LogP contribution in [-0.4, -0.2) is 72.7 Å². The van der Waals surface area contributed by atoms with Gasteiger partial charge in [0.25, 0.3) is 0 Å². The van der Waals surface area contributed by atoms with Crippen LogP contribution >= 0.6 is 0 Å². The Morgan fingerprint density at radius 1 is 1.25 bits per heavy atom. The van der Waals surface area contributed by atoms with Gasteiger partial charge in [-0.2, -0.15) is 0 Å². The molecule has 2 heterocycles. The van der Waals surface area contributed by atoms with Crippen molar-refractivity contribution in [2.45, 2.75) is 50.3 Å². The van der Waals surface area contributed by atoms with Gasteiger partial charge in [0.05, 0.1) is 26.0 Å². The first-order valence-corrected chi connectivity index (χ1v) is 7.74. The fourth-order valence-electron chi connectivity index (χ4n) is 2.67. The van der Waals surface area contributed by atoms with Gasteiger partial charge >= 0.3 is 0 Å². The van der Waals surface area contributed by atoms with E-state index in [2.05, 4.69) is 16.4 Å². The molecule has 0 bridgehead atoms. The third-order valence-electron chi connectivity index (χ3n) is 4.04. The van der Waals surface area contributed by atoms with Crippen molar-refractivity contribution in [1.29, 1.82) is 0 Å². The molecule has 1 aromatic rings. The Morgan fingerprint density at radius 3 is 2.79 bits per heavy atom. The minimum atomic E-state index is -1.46. The van der Waals surface area contributed by atoms with Crippen LogP contribution in [-0.2, 0) is 22.6 Å². The molecule has 1 aliphatic carbocycles. The number of hydrogen-bond acceptors (Lipinski definition) is 8. The van der Waals surface area contributed by atoms with Gasteiger partial charge in [-0.15, -0.1) is 5.10 Å². The number of hydrogen-bond donors (Lipinski definition) is 4. The Morgan fingerprint density at radius 2 is 2.08 bits per heavy atom. The van der Waals surface area contributed by atoms with Gasteiger partial charge in [-0.25, -0.2) is 4.68 Å². The normalized spacial score (nSPS) is 33.0. The van der Waals surface area contributed by atoms with Crippen LogP contribution in [0.2, 0.25) is 0 Å². The highest BCUT2D eigenvalue weighted by Gasteiger charge is 2.44. The lowest BCUT2D eigenvalue weighted by atomic mass is 9.99. The van der Waals surface area contributed by atoms with Crippen molar-refractivity contribution >= 4 is 0 Å². The fourth-order valence-corrected chi connectivity index (χ4v) is 2.67. The van der Waals surface area contributed by atoms with Crippen LogP contribution in [0, 0.1) is 0 Å². The van der Waals surface area contributed by atoms with Gasteiger partial charge in [0.15, 0.2) is 6.29 Å². The lowest BCUT2D eigenvalue weighted by Gasteiger charge is -2.39. The number of nitrogens with zero attached hydrogens (tertiary/aromatic N) is 3. The molecule has 0 radical (unpaired) electrons. The Balaban J connectivity index is 1.54. The molecule has 9 heteroatoms. The van der Waals surface area contributed by atoms with Gasteiger partial charge in [0, 0.05) is 0 Å². The molecule has 9 nitrogen and oxygen atoms in total. The van der Waals surface area contributed by atoms with E-state index in [9.17, 15) is 15.3 Å². The highest BCUT2D eigenvalue weighted by molar-refractivity contribution is 5.22. The van der Waals surface area contributed by atoms with E-state index in [1.165, 1.54) is 5.57 Å². The Hall–Kier alpha value is -1.62. The summed E-state index contributed by atoms with van der Waals surface area (Å²) >= 11 is 0. The zero-order valence-electron chi connectivity index (χ0n) is 13.0. The SMILES string of the molecule is OC[C@H]1O[C@@H](OCc2cn(CC3=CC=CC3)nn2)[C@H](O)[C@@H](O)[C@@H]1O. The van der Waals surface area contributed by atoms with Gasteiger partial charge in [0.2, 0.25) is 0 Å². The molecule has 0 saturated carbocycles. The molecule has 4 N–H and O–H groups in total. The predicted octanol–water partition coefficient (Wildman–Crippen LogP) is -1.52. The fraction of sp³-hybridized carbons (Fsp3) is 0.600. The summed E-state index contributed by atoms with van der Waals surface area (Å²) in [6.07, 6.45) is 2.26. The minimum absolute atomic E-state index is 0.0139. The second-order valence-corrected chi connectivity index (χ2v) is 5.87. The molecule has 2 aliphatic rings. The molecular formula is C15H21N3O6. The van der Waals surface area contributed by atoms with Gasteiger partial charge < -0.3 is 29.9 Å². The molecule has 132 valence electrons. The van der Waals surface area contributed by atoms with E-state index < -0.39 is 37.3 Å². The summed E-state index contributed by atoms with van der Waals surface area (Å²) in [6, 6.07) is 0. The third kappa shape index (κ3) is 3.72. The van der Waals surface area contributed by atoms with E-state index >= 15 is 0 Å². The molecule has 0 unspecified atom stereocenters. The standard InChI is InChI=1S/C15H21N3O6/c19-7-11-12(20)13(21)14(22)15(24-11)23-8-10-6-18(17-16-10)5-9-3-1-2-4-9/h1-3,6,11-15,19-22H,4-5,7-8H2/t11-,12-,13+,14-,15-/m1/s1. The summed E-state index contributed by atoms with van der Waals surface area (Å²) in [6.45, 7) is 0.157. The first-order valence-electron chi connectivity index (χ1n) is 7.74. The molecule has 0 amide bonds. The van der Waals surface area contributed by atoms with Gasteiger partial charge in [-0.1, -0.05) is 23.4 Å². The first kappa shape index (κ1) is 17.2. The topological polar surface area (TPSA) is 130 Å². The van der Waals surface area contributed by atoms with E-state index in [-0.39, 0.29) is 6.61 Å². The van der Waals surface area contributed by atoms with Gasteiger partial charge in [-0.05, 0) is 12.0 Å². The molecular weight excluding hydrogens is 318 g/mol. The van der Waals surface area contributed by atoms with Crippen LogP contribution in [0.3, 0.4) is 0 Å². The number of allylic oxidation sites excluding steroid dienone is 4. The van der Waals surface area contributed by atoms with E-state index in [0.717, 1.165) is 6.42 Å². The van der Waals surface area contributed by atoms with Crippen molar-refractivity contribution in [3.63, 3.8) is 0 Å². The Bertz CT molecular complexity index is 614. The van der Waals surface area contributed by atoms with E-state index in [0.29, 0.717) is 12.2 Å². The molecule has 24 heavy (non-hydrogen) atoms. The lowest BCUT2D eigenvalue weighted by molar-refractivity contribution is -0.304. The lowest BCUT2D eigenvalue weighted by Crippen LogP contribution is -2.59. The summed E-state index contributed by atoms with van der Waals surface area (Å²) in [5.41, 5.74) is 1.76. The number of aliphatic hydroxyl groups excluding tert-OH is 4. The van der Waals surface area contributed by atoms with Crippen molar-refractivity contribution < 1.29 is 29.9 Å². The second-order valence-electron chi connectivity index (χ2n) is 5.87. The predicted molar refractivity (Wildman–Crippen MR) is 80.4 cm³/mol. The maximum atomic E-state index is 9.90. The van der Waals surface area contributed by atoms with E-state index in [1.54, 1.807) is 10.9 Å². The zero-order valence-corrected chi connectivity index (χ0v) is 13.0. The Kier molecular flexibility index (Phi) is 5.39. The van der Waals surface area contributed by atoms with Crippen molar-refractivity contribution in [2.24, 2.45) is 0 Å². The van der Waals surface area contributed by atoms with Crippen LogP contribution in [0.25, 0.3) is 0 Å². The minimum Gasteiger partial charge on any atom is -0.394 e. The van der Waals surface area contributed by atoms with Crippen molar-refractivity contribution in [3.05, 3.63) is 35.7 Å². The highest BCUT2D eigenvalue weighted by atomic mass is 16.7. The highest BCUT2D eigenvalue weighted by Crippen LogP contribution is 2.22. The van der Waals surface area contributed by atoms with Crippen LogP contribution in [0.4, 0.5) is 0 Å². The zero-order chi connectivity index (χ0) is 17.1. The maximum Gasteiger partial charge on any atom is 0.187 e. The smallest absolute Gasteiger partial charge is 0.187 e. The molecule has 1 aromatic heterocycles. The summed E-state index contributed by atoms with van der Waals surface area (Å²) in [5, 5.41) is 46.5. The molecule has 3 rings (SSSR count). The quantitative estimate of drug-likeness (QED) is 0.492. The van der Waals surface area contributed by atoms with Crippen molar-refractivity contribution in [2.75, 3.05) is 6.61 Å². The summed E-state index contributed by atoms with van der Waals surface area (Å²) in [7, 11) is 0. The molecule has 5 atom stereocenters. The van der Waals surface area contributed by atoms with E-state index in [4.69, 9.17) is 14.6 Å². The summed E-state index contributed by atoms with van der Waals surface area (Å²) in [5.74, 6) is 0. The summed E-state index contributed by atoms with van der Waals surface area (Å²) < 4.78 is 12.4. The Labute approximate surface area is 138 Å². The number of aromatic nitrogens is 3. The molecule has 1 aliphatic heterocycles. The average molecular weight is 339 g/mol. The average Bonchev–Trinajstić information content (AvgIpc) is 3.24. The second kappa shape index (κ2) is 7.51. The van der Waals surface area contributed by atoms with E-state index in [1.807, 2.05) is 12.2 Å². The molecule has 0 aromatic carbocycles. The van der Waals surface area contributed by atoms with Crippen molar-refractivity contribution in [3.8, 4) is 0 Å². The number of aliphatic hydroxyl groups is 4.